The maximum absolute atomic E-state index is 6.25. The quantitative estimate of drug-likeness (QED) is 0.901. The zero-order valence-corrected chi connectivity index (χ0v) is 11.2. The van der Waals surface area contributed by atoms with Crippen LogP contribution in [0.3, 0.4) is 0 Å². The summed E-state index contributed by atoms with van der Waals surface area (Å²) in [7, 11) is 3.33. The number of nitrogens with one attached hydrogen (secondary N) is 1. The molecule has 1 atom stereocenters. The van der Waals surface area contributed by atoms with E-state index in [-0.39, 0.29) is 0 Å². The van der Waals surface area contributed by atoms with E-state index in [2.05, 4.69) is 5.32 Å². The molecule has 1 fully saturated rings. The molecule has 0 aliphatic carbocycles. The fourth-order valence-corrected chi connectivity index (χ4v) is 2.60. The average Bonchev–Trinajstić information content (AvgIpc) is 2.85. The van der Waals surface area contributed by atoms with Crippen LogP contribution in [0.25, 0.3) is 0 Å². The highest BCUT2D eigenvalue weighted by Crippen LogP contribution is 2.43. The van der Waals surface area contributed by atoms with Gasteiger partial charge in [0, 0.05) is 28.6 Å². The lowest BCUT2D eigenvalue weighted by Gasteiger charge is -2.19. The highest BCUT2D eigenvalue weighted by molar-refractivity contribution is 6.31. The minimum absolute atomic E-state index is 0.456. The summed E-state index contributed by atoms with van der Waals surface area (Å²) in [5, 5.41) is 4.09. The van der Waals surface area contributed by atoms with Crippen LogP contribution < -0.4 is 14.8 Å². The van der Waals surface area contributed by atoms with Crippen molar-refractivity contribution in [2.45, 2.75) is 19.3 Å². The Hall–Kier alpha value is -0.930. The van der Waals surface area contributed by atoms with Crippen molar-refractivity contribution in [3.8, 4) is 11.5 Å². The first-order valence-corrected chi connectivity index (χ1v) is 6.18. The van der Waals surface area contributed by atoms with Gasteiger partial charge < -0.3 is 14.8 Å². The van der Waals surface area contributed by atoms with Gasteiger partial charge in [0.2, 0.25) is 0 Å². The first-order chi connectivity index (χ1) is 8.19. The molecule has 1 N–H and O–H groups in total. The second kappa shape index (κ2) is 5.15. The lowest BCUT2D eigenvalue weighted by Crippen LogP contribution is -2.09. The van der Waals surface area contributed by atoms with Gasteiger partial charge in [-0.2, -0.15) is 0 Å². The molecule has 1 heterocycles. The molecule has 1 aromatic rings. The van der Waals surface area contributed by atoms with Crippen LogP contribution in [0, 0.1) is 6.92 Å². The fourth-order valence-electron chi connectivity index (χ4n) is 2.40. The zero-order valence-electron chi connectivity index (χ0n) is 10.5. The Morgan fingerprint density at radius 1 is 1.29 bits per heavy atom. The van der Waals surface area contributed by atoms with Crippen LogP contribution in [-0.4, -0.2) is 27.3 Å². The zero-order chi connectivity index (χ0) is 12.4. The van der Waals surface area contributed by atoms with Crippen LogP contribution in [0.4, 0.5) is 0 Å². The molecule has 2 rings (SSSR count). The second-order valence-electron chi connectivity index (χ2n) is 4.33. The van der Waals surface area contributed by atoms with E-state index in [1.807, 2.05) is 13.0 Å². The normalized spacial score (nSPS) is 19.4. The van der Waals surface area contributed by atoms with Gasteiger partial charge in [-0.25, -0.2) is 0 Å². The standard InChI is InChI=1S/C13H18ClNO2/c1-8-11(14)6-10(9-4-5-15-7-9)13(17-3)12(8)16-2/h6,9,15H,4-5,7H2,1-3H3. The fraction of sp³-hybridized carbons (Fsp3) is 0.538. The van der Waals surface area contributed by atoms with Gasteiger partial charge in [0.25, 0.3) is 0 Å². The summed E-state index contributed by atoms with van der Waals surface area (Å²) in [5.74, 6) is 2.03. The van der Waals surface area contributed by atoms with Crippen molar-refractivity contribution < 1.29 is 9.47 Å². The average molecular weight is 256 g/mol. The van der Waals surface area contributed by atoms with Gasteiger partial charge in [-0.1, -0.05) is 11.6 Å². The Morgan fingerprint density at radius 2 is 2.00 bits per heavy atom. The Bertz CT molecular complexity index is 414. The maximum atomic E-state index is 6.25. The molecule has 1 unspecified atom stereocenters. The first-order valence-electron chi connectivity index (χ1n) is 5.80. The third kappa shape index (κ3) is 2.22. The Morgan fingerprint density at radius 3 is 2.53 bits per heavy atom. The molecule has 0 bridgehead atoms. The highest BCUT2D eigenvalue weighted by atomic mass is 35.5. The smallest absolute Gasteiger partial charge is 0.165 e. The van der Waals surface area contributed by atoms with Crippen molar-refractivity contribution >= 4 is 11.6 Å². The molecule has 1 saturated heterocycles. The predicted molar refractivity (Wildman–Crippen MR) is 69.5 cm³/mol. The summed E-state index contributed by atoms with van der Waals surface area (Å²) in [4.78, 5) is 0. The SMILES string of the molecule is COc1c(C2CCNC2)cc(Cl)c(C)c1OC. The Kier molecular flexibility index (Phi) is 3.79. The van der Waals surface area contributed by atoms with Crippen LogP contribution in [0.15, 0.2) is 6.07 Å². The summed E-state index contributed by atoms with van der Waals surface area (Å²) in [6.45, 7) is 3.96. The van der Waals surface area contributed by atoms with E-state index < -0.39 is 0 Å². The van der Waals surface area contributed by atoms with E-state index in [9.17, 15) is 0 Å². The number of ether oxygens (including phenoxy) is 2. The molecule has 94 valence electrons. The number of methoxy groups -OCH3 is 2. The third-order valence-corrected chi connectivity index (χ3v) is 3.75. The molecule has 1 aliphatic heterocycles. The lowest BCUT2D eigenvalue weighted by molar-refractivity contribution is 0.348. The largest absolute Gasteiger partial charge is 0.493 e. The van der Waals surface area contributed by atoms with E-state index in [0.29, 0.717) is 5.92 Å². The van der Waals surface area contributed by atoms with Crippen LogP contribution in [-0.2, 0) is 0 Å². The van der Waals surface area contributed by atoms with E-state index in [0.717, 1.165) is 47.2 Å². The van der Waals surface area contributed by atoms with Gasteiger partial charge in [0.15, 0.2) is 11.5 Å². The number of halogens is 1. The van der Waals surface area contributed by atoms with E-state index in [1.54, 1.807) is 14.2 Å². The molecule has 0 radical (unpaired) electrons. The van der Waals surface area contributed by atoms with Gasteiger partial charge >= 0.3 is 0 Å². The van der Waals surface area contributed by atoms with E-state index in [1.165, 1.54) is 0 Å². The van der Waals surface area contributed by atoms with E-state index in [4.69, 9.17) is 21.1 Å². The predicted octanol–water partition coefficient (Wildman–Crippen LogP) is 2.74. The van der Waals surface area contributed by atoms with Crippen molar-refractivity contribution in [1.29, 1.82) is 0 Å². The molecule has 4 heteroatoms. The Balaban J connectivity index is 2.53. The van der Waals surface area contributed by atoms with Crippen LogP contribution >= 0.6 is 11.6 Å². The molecule has 0 saturated carbocycles. The molecule has 1 aromatic carbocycles. The van der Waals surface area contributed by atoms with Crippen molar-refractivity contribution in [1.82, 2.24) is 5.32 Å². The van der Waals surface area contributed by atoms with Gasteiger partial charge in [0.05, 0.1) is 14.2 Å². The monoisotopic (exact) mass is 255 g/mol. The van der Waals surface area contributed by atoms with Gasteiger partial charge in [-0.05, 0) is 26.0 Å². The van der Waals surface area contributed by atoms with Crippen LogP contribution in [0.1, 0.15) is 23.5 Å². The maximum Gasteiger partial charge on any atom is 0.165 e. The molecule has 0 spiro atoms. The summed E-state index contributed by atoms with van der Waals surface area (Å²) in [6, 6.07) is 2.01. The number of rotatable bonds is 3. The summed E-state index contributed by atoms with van der Waals surface area (Å²) < 4.78 is 10.9. The van der Waals surface area contributed by atoms with Crippen molar-refractivity contribution in [2.75, 3.05) is 27.3 Å². The first kappa shape index (κ1) is 12.5. The molecular formula is C13H18ClNO2. The third-order valence-electron chi connectivity index (χ3n) is 3.36. The van der Waals surface area contributed by atoms with Gasteiger partial charge in [0.1, 0.15) is 0 Å². The summed E-state index contributed by atoms with van der Waals surface area (Å²) in [6.07, 6.45) is 1.11. The molecular weight excluding hydrogens is 238 g/mol. The second-order valence-corrected chi connectivity index (χ2v) is 4.74. The molecule has 0 amide bonds. The Labute approximate surface area is 107 Å². The summed E-state index contributed by atoms with van der Waals surface area (Å²) >= 11 is 6.25. The molecule has 17 heavy (non-hydrogen) atoms. The van der Waals surface area contributed by atoms with Gasteiger partial charge in [-0.3, -0.25) is 0 Å². The van der Waals surface area contributed by atoms with Crippen LogP contribution in [0.5, 0.6) is 11.5 Å². The van der Waals surface area contributed by atoms with Crippen molar-refractivity contribution in [2.24, 2.45) is 0 Å². The number of benzene rings is 1. The van der Waals surface area contributed by atoms with E-state index >= 15 is 0 Å². The van der Waals surface area contributed by atoms with Crippen LogP contribution in [0.2, 0.25) is 5.02 Å². The van der Waals surface area contributed by atoms with Crippen molar-refractivity contribution in [3.63, 3.8) is 0 Å². The van der Waals surface area contributed by atoms with Crippen molar-refractivity contribution in [3.05, 3.63) is 22.2 Å². The van der Waals surface area contributed by atoms with Gasteiger partial charge in [-0.15, -0.1) is 0 Å². The molecule has 3 nitrogen and oxygen atoms in total. The topological polar surface area (TPSA) is 30.5 Å². The minimum Gasteiger partial charge on any atom is -0.493 e. The minimum atomic E-state index is 0.456. The lowest BCUT2D eigenvalue weighted by atomic mass is 9.95. The number of hydrogen-bond donors (Lipinski definition) is 1. The summed E-state index contributed by atoms with van der Waals surface area (Å²) in [5.41, 5.74) is 2.07. The number of hydrogen-bond acceptors (Lipinski definition) is 3. The molecule has 1 aliphatic rings. The highest BCUT2D eigenvalue weighted by Gasteiger charge is 2.24. The molecule has 0 aromatic heterocycles.